The number of benzene rings is 1. The van der Waals surface area contributed by atoms with Gasteiger partial charge in [-0.1, -0.05) is 22.0 Å². The maximum Gasteiger partial charge on any atom is 0.181 e. The number of nitrogens with zero attached hydrogens (tertiary/aromatic N) is 3. The highest BCUT2D eigenvalue weighted by molar-refractivity contribution is 9.10. The number of fused-ring (bicyclic) bond motifs is 1. The summed E-state index contributed by atoms with van der Waals surface area (Å²) in [4.78, 5) is 11.3. The number of hydrogen-bond acceptors (Lipinski definition) is 8. The fraction of sp³-hybridized carbons (Fsp3) is 0.429. The second kappa shape index (κ2) is 9.30. The van der Waals surface area contributed by atoms with Crippen molar-refractivity contribution in [3.05, 3.63) is 61.9 Å². The van der Waals surface area contributed by atoms with Crippen LogP contribution < -0.4 is 0 Å². The lowest BCUT2D eigenvalue weighted by Crippen LogP contribution is -2.37. The third-order valence-corrected chi connectivity index (χ3v) is 7.93. The first kappa shape index (κ1) is 23.5. The van der Waals surface area contributed by atoms with Gasteiger partial charge in [-0.25, -0.2) is 17.8 Å². The van der Waals surface area contributed by atoms with Gasteiger partial charge >= 0.3 is 0 Å². The van der Waals surface area contributed by atoms with Crippen LogP contribution in [0.2, 0.25) is 0 Å². The Morgan fingerprint density at radius 2 is 2.22 bits per heavy atom. The van der Waals surface area contributed by atoms with Crippen LogP contribution in [0.25, 0.3) is 0 Å². The van der Waals surface area contributed by atoms with Crippen LogP contribution in [-0.2, 0) is 14.6 Å². The van der Waals surface area contributed by atoms with Crippen LogP contribution in [0.4, 0.5) is 4.39 Å². The van der Waals surface area contributed by atoms with Gasteiger partial charge in [0.15, 0.2) is 17.1 Å². The molecule has 3 atom stereocenters. The quantitative estimate of drug-likeness (QED) is 0.537. The Bertz CT molecular complexity index is 1170. The lowest BCUT2D eigenvalue weighted by molar-refractivity contribution is -0.0719. The Labute approximate surface area is 198 Å². The van der Waals surface area contributed by atoms with Crippen molar-refractivity contribution in [3.63, 3.8) is 0 Å². The van der Waals surface area contributed by atoms with E-state index in [4.69, 9.17) is 9.73 Å². The predicted octanol–water partition coefficient (Wildman–Crippen LogP) is 3.52. The van der Waals surface area contributed by atoms with Crippen LogP contribution in [-0.4, -0.2) is 60.7 Å². The minimum atomic E-state index is -3.19. The number of sulfone groups is 1. The molecule has 0 radical (unpaired) electrons. The maximum absolute atomic E-state index is 13.8. The molecule has 172 valence electrons. The SMILES string of the molecule is CCOC(O)C1=C2C[C@@H](CS(C)(=O)=O)CN2C(c2nccs2)=N[C@H]1c1ccc(F)cc1Br. The minimum Gasteiger partial charge on any atom is -0.364 e. The van der Waals surface area contributed by atoms with Crippen molar-refractivity contribution in [2.45, 2.75) is 25.7 Å². The molecular formula is C21H23BrFN3O4S2. The molecular weight excluding hydrogens is 521 g/mol. The van der Waals surface area contributed by atoms with Gasteiger partial charge in [0.1, 0.15) is 21.7 Å². The summed E-state index contributed by atoms with van der Waals surface area (Å²) >= 11 is 4.86. The summed E-state index contributed by atoms with van der Waals surface area (Å²) in [5, 5.41) is 13.5. The van der Waals surface area contributed by atoms with Crippen LogP contribution in [0.1, 0.15) is 30.0 Å². The second-order valence-electron chi connectivity index (χ2n) is 7.84. The molecule has 0 saturated carbocycles. The maximum atomic E-state index is 13.8. The van der Waals surface area contributed by atoms with E-state index in [-0.39, 0.29) is 18.3 Å². The van der Waals surface area contributed by atoms with E-state index in [1.165, 1.54) is 29.7 Å². The van der Waals surface area contributed by atoms with Crippen molar-refractivity contribution in [2.75, 3.05) is 25.2 Å². The number of hydrogen-bond donors (Lipinski definition) is 1. The van der Waals surface area contributed by atoms with Gasteiger partial charge in [0.25, 0.3) is 0 Å². The van der Waals surface area contributed by atoms with E-state index >= 15 is 0 Å². The summed E-state index contributed by atoms with van der Waals surface area (Å²) in [6.45, 7) is 2.51. The second-order valence-corrected chi connectivity index (χ2v) is 11.8. The monoisotopic (exact) mass is 543 g/mol. The number of aromatic nitrogens is 1. The highest BCUT2D eigenvalue weighted by Crippen LogP contribution is 2.45. The van der Waals surface area contributed by atoms with E-state index in [1.54, 1.807) is 19.2 Å². The molecule has 2 aromatic rings. The molecule has 1 saturated heterocycles. The molecule has 7 nitrogen and oxygen atoms in total. The molecule has 0 spiro atoms. The summed E-state index contributed by atoms with van der Waals surface area (Å²) in [5.74, 6) is 0.0843. The van der Waals surface area contributed by atoms with Gasteiger partial charge in [-0.05, 0) is 37.0 Å². The van der Waals surface area contributed by atoms with E-state index in [9.17, 15) is 17.9 Å². The van der Waals surface area contributed by atoms with Crippen molar-refractivity contribution < 1.29 is 22.7 Å². The van der Waals surface area contributed by atoms with E-state index in [1.807, 2.05) is 10.3 Å². The molecule has 1 fully saturated rings. The van der Waals surface area contributed by atoms with Gasteiger partial charge in [0, 0.05) is 46.7 Å². The molecule has 4 rings (SSSR count). The predicted molar refractivity (Wildman–Crippen MR) is 125 cm³/mol. The summed E-state index contributed by atoms with van der Waals surface area (Å²) in [6.07, 6.45) is 2.12. The van der Waals surface area contributed by atoms with E-state index < -0.39 is 28.0 Å². The van der Waals surface area contributed by atoms with Gasteiger partial charge < -0.3 is 14.7 Å². The smallest absolute Gasteiger partial charge is 0.181 e. The van der Waals surface area contributed by atoms with Crippen LogP contribution in [0.5, 0.6) is 0 Å². The van der Waals surface area contributed by atoms with Crippen LogP contribution in [0.3, 0.4) is 0 Å². The minimum absolute atomic E-state index is 0.0288. The van der Waals surface area contributed by atoms with Gasteiger partial charge in [-0.15, -0.1) is 11.3 Å². The standard InChI is InChI=1S/C21H23BrFN3O4S2/c1-3-30-21(27)17-16-8-12(11-32(2,28)29)10-26(16)19(20-24-6-7-31-20)25-18(17)14-5-4-13(23)9-15(14)22/h4-7,9,12,18,21,27H,3,8,10-11H2,1-2H3/t12-,18+,21?/m1/s1. The van der Waals surface area contributed by atoms with Gasteiger partial charge in [0.2, 0.25) is 0 Å². The third kappa shape index (κ3) is 4.81. The van der Waals surface area contributed by atoms with Crippen molar-refractivity contribution in [1.82, 2.24) is 9.88 Å². The van der Waals surface area contributed by atoms with Crippen molar-refractivity contribution in [1.29, 1.82) is 0 Å². The lowest BCUT2D eigenvalue weighted by atomic mass is 9.93. The Balaban J connectivity index is 1.88. The first-order valence-electron chi connectivity index (χ1n) is 10.1. The number of halogens is 2. The zero-order valence-corrected chi connectivity index (χ0v) is 20.8. The molecule has 0 amide bonds. The first-order valence-corrected chi connectivity index (χ1v) is 13.8. The molecule has 1 aromatic carbocycles. The van der Waals surface area contributed by atoms with Crippen LogP contribution in [0, 0.1) is 11.7 Å². The number of aliphatic imine (C=N–C) groups is 1. The molecule has 1 aromatic heterocycles. The fourth-order valence-corrected chi connectivity index (χ4v) is 6.54. The van der Waals surface area contributed by atoms with Crippen molar-refractivity contribution >= 4 is 42.9 Å². The normalized spacial score (nSPS) is 22.2. The molecule has 2 aliphatic heterocycles. The Morgan fingerprint density at radius 3 is 2.84 bits per heavy atom. The molecule has 1 unspecified atom stereocenters. The number of aliphatic hydroxyl groups is 1. The molecule has 2 aliphatic rings. The molecule has 0 bridgehead atoms. The van der Waals surface area contributed by atoms with Crippen LogP contribution >= 0.6 is 27.3 Å². The molecule has 11 heteroatoms. The summed E-state index contributed by atoms with van der Waals surface area (Å²) in [6, 6.07) is 3.69. The highest BCUT2D eigenvalue weighted by atomic mass is 79.9. The fourth-order valence-electron chi connectivity index (χ4n) is 4.25. The Hall–Kier alpha value is -1.66. The first-order chi connectivity index (χ1) is 15.2. The van der Waals surface area contributed by atoms with E-state index in [0.29, 0.717) is 39.4 Å². The highest BCUT2D eigenvalue weighted by Gasteiger charge is 2.42. The molecule has 32 heavy (non-hydrogen) atoms. The largest absolute Gasteiger partial charge is 0.364 e. The zero-order valence-electron chi connectivity index (χ0n) is 17.5. The summed E-state index contributed by atoms with van der Waals surface area (Å²) in [5.41, 5.74) is 1.99. The number of aliphatic hydroxyl groups excluding tert-OH is 1. The van der Waals surface area contributed by atoms with Gasteiger partial charge in [0.05, 0.1) is 5.75 Å². The Kier molecular flexibility index (Phi) is 6.83. The number of rotatable bonds is 7. The van der Waals surface area contributed by atoms with E-state index in [2.05, 4.69) is 20.9 Å². The van der Waals surface area contributed by atoms with E-state index in [0.717, 1.165) is 5.70 Å². The zero-order chi connectivity index (χ0) is 23.0. The average molecular weight is 544 g/mol. The number of ether oxygens (including phenoxy) is 1. The van der Waals surface area contributed by atoms with Crippen molar-refractivity contribution in [2.24, 2.45) is 10.9 Å². The molecule has 0 aliphatic carbocycles. The number of allylic oxidation sites excluding steroid dienone is 1. The number of amidine groups is 1. The molecule has 1 N–H and O–H groups in total. The van der Waals surface area contributed by atoms with Crippen molar-refractivity contribution in [3.8, 4) is 0 Å². The van der Waals surface area contributed by atoms with Gasteiger partial charge in [-0.2, -0.15) is 0 Å². The topological polar surface area (TPSA) is 92.1 Å². The average Bonchev–Trinajstić information content (AvgIpc) is 3.35. The van der Waals surface area contributed by atoms with Crippen LogP contribution in [0.15, 0.2) is 50.5 Å². The third-order valence-electron chi connectivity index (χ3n) is 5.39. The molecule has 3 heterocycles. The number of thiazole rings is 1. The Morgan fingerprint density at radius 1 is 1.44 bits per heavy atom. The summed E-state index contributed by atoms with van der Waals surface area (Å²) in [7, 11) is -3.19. The van der Waals surface area contributed by atoms with Gasteiger partial charge in [-0.3, -0.25) is 4.99 Å². The lowest BCUT2D eigenvalue weighted by Gasteiger charge is -2.34. The summed E-state index contributed by atoms with van der Waals surface area (Å²) < 4.78 is 43.8.